The lowest BCUT2D eigenvalue weighted by Crippen LogP contribution is -2.37. The van der Waals surface area contributed by atoms with Crippen LogP contribution in [0.1, 0.15) is 24.3 Å². The molecule has 20 heavy (non-hydrogen) atoms. The molecule has 0 aliphatic heterocycles. The Labute approximate surface area is 114 Å². The number of carbonyl (C=O) groups is 1. The second-order valence-corrected chi connectivity index (χ2v) is 5.28. The number of aryl methyl sites for hydroxylation is 1. The Bertz CT molecular complexity index is 808. The van der Waals surface area contributed by atoms with E-state index in [2.05, 4.69) is 0 Å². The molecule has 0 radical (unpaired) electrons. The fraction of sp³-hybridized carbons (Fsp3) is 0.462. The summed E-state index contributed by atoms with van der Waals surface area (Å²) in [5.74, 6) is -0.931. The third-order valence-corrected chi connectivity index (χ3v) is 3.26. The Morgan fingerprint density at radius 2 is 1.85 bits per heavy atom. The Morgan fingerprint density at radius 1 is 1.25 bits per heavy atom. The Morgan fingerprint density at radius 3 is 2.35 bits per heavy atom. The first-order valence-corrected chi connectivity index (χ1v) is 6.28. The largest absolute Gasteiger partial charge is 0.477 e. The molecule has 0 amide bonds. The molecule has 0 aromatic carbocycles. The van der Waals surface area contributed by atoms with Crippen molar-refractivity contribution in [2.24, 2.45) is 20.0 Å². The molecule has 0 saturated carbocycles. The van der Waals surface area contributed by atoms with E-state index >= 15 is 0 Å². The first-order chi connectivity index (χ1) is 9.25. The first-order valence-electron chi connectivity index (χ1n) is 6.28. The highest BCUT2D eigenvalue weighted by molar-refractivity contribution is 5.93. The molecular weight excluding hydrogens is 262 g/mol. The maximum atomic E-state index is 12.1. The van der Waals surface area contributed by atoms with E-state index in [9.17, 15) is 19.5 Å². The highest BCUT2D eigenvalue weighted by atomic mass is 16.4. The average Bonchev–Trinajstić information content (AvgIpc) is 2.72. The van der Waals surface area contributed by atoms with Crippen molar-refractivity contribution in [2.45, 2.75) is 20.4 Å². The van der Waals surface area contributed by atoms with Gasteiger partial charge in [0, 0.05) is 20.6 Å². The monoisotopic (exact) mass is 279 g/mol. The number of aromatic nitrogens is 3. The van der Waals surface area contributed by atoms with Crippen LogP contribution in [0.3, 0.4) is 0 Å². The van der Waals surface area contributed by atoms with Gasteiger partial charge < -0.3 is 9.67 Å². The molecule has 0 bridgehead atoms. The number of rotatable bonds is 3. The van der Waals surface area contributed by atoms with Crippen LogP contribution >= 0.6 is 0 Å². The van der Waals surface area contributed by atoms with Gasteiger partial charge in [-0.3, -0.25) is 13.9 Å². The van der Waals surface area contributed by atoms with Crippen molar-refractivity contribution >= 4 is 17.0 Å². The third kappa shape index (κ3) is 1.95. The number of hydrogen-bond donors (Lipinski definition) is 1. The number of hydrogen-bond acceptors (Lipinski definition) is 3. The fourth-order valence-electron chi connectivity index (χ4n) is 2.37. The number of carboxylic acids is 1. The summed E-state index contributed by atoms with van der Waals surface area (Å²) < 4.78 is 3.81. The minimum Gasteiger partial charge on any atom is -0.477 e. The zero-order valence-corrected chi connectivity index (χ0v) is 11.9. The lowest BCUT2D eigenvalue weighted by molar-refractivity contribution is 0.0684. The van der Waals surface area contributed by atoms with Crippen molar-refractivity contribution < 1.29 is 9.90 Å². The lowest BCUT2D eigenvalue weighted by Gasteiger charge is -2.13. The molecule has 0 aliphatic carbocycles. The molecule has 2 aromatic rings. The second kappa shape index (κ2) is 4.66. The molecule has 2 heterocycles. The van der Waals surface area contributed by atoms with Gasteiger partial charge in [0.2, 0.25) is 0 Å². The highest BCUT2D eigenvalue weighted by Gasteiger charge is 2.20. The Balaban J connectivity index is 3.01. The summed E-state index contributed by atoms with van der Waals surface area (Å²) in [6.45, 7) is 4.30. The van der Waals surface area contributed by atoms with Crippen molar-refractivity contribution in [1.29, 1.82) is 0 Å². The molecule has 0 saturated heterocycles. The highest BCUT2D eigenvalue weighted by Crippen LogP contribution is 2.17. The molecule has 7 nitrogen and oxygen atoms in total. The third-order valence-electron chi connectivity index (χ3n) is 3.26. The second-order valence-electron chi connectivity index (χ2n) is 5.28. The van der Waals surface area contributed by atoms with Gasteiger partial charge in [0.25, 0.3) is 5.56 Å². The number of fused-ring (bicyclic) bond motifs is 1. The van der Waals surface area contributed by atoms with Gasteiger partial charge >= 0.3 is 11.7 Å². The van der Waals surface area contributed by atoms with Crippen LogP contribution in [-0.2, 0) is 20.6 Å². The van der Waals surface area contributed by atoms with E-state index in [1.165, 1.54) is 29.3 Å². The van der Waals surface area contributed by atoms with Crippen LogP contribution in [0.25, 0.3) is 11.0 Å². The van der Waals surface area contributed by atoms with Crippen molar-refractivity contribution in [3.05, 3.63) is 32.6 Å². The summed E-state index contributed by atoms with van der Waals surface area (Å²) in [6, 6.07) is 1.34. The summed E-state index contributed by atoms with van der Waals surface area (Å²) in [6.07, 6.45) is 0. The van der Waals surface area contributed by atoms with Crippen molar-refractivity contribution in [3.63, 3.8) is 0 Å². The maximum absolute atomic E-state index is 12.1. The van der Waals surface area contributed by atoms with Crippen LogP contribution < -0.4 is 11.2 Å². The van der Waals surface area contributed by atoms with Crippen LogP contribution in [0.4, 0.5) is 0 Å². The number of aromatic carboxylic acids is 1. The molecule has 108 valence electrons. The van der Waals surface area contributed by atoms with Crippen molar-refractivity contribution in [3.8, 4) is 0 Å². The average molecular weight is 279 g/mol. The predicted molar refractivity (Wildman–Crippen MR) is 74.2 cm³/mol. The van der Waals surface area contributed by atoms with Gasteiger partial charge in [-0.15, -0.1) is 0 Å². The smallest absolute Gasteiger partial charge is 0.352 e. The van der Waals surface area contributed by atoms with Gasteiger partial charge in [-0.2, -0.15) is 0 Å². The van der Waals surface area contributed by atoms with Crippen molar-refractivity contribution in [2.75, 3.05) is 0 Å². The molecule has 0 aliphatic rings. The summed E-state index contributed by atoms with van der Waals surface area (Å²) >= 11 is 0. The number of nitrogens with zero attached hydrogens (tertiary/aromatic N) is 3. The van der Waals surface area contributed by atoms with Crippen molar-refractivity contribution in [1.82, 2.24) is 13.7 Å². The SMILES string of the molecule is CC(C)Cn1c(C(=O)O)cc2c(=O)n(C)c(=O)n(C)c21. The zero-order chi connectivity index (χ0) is 15.2. The molecule has 1 N–H and O–H groups in total. The van der Waals surface area contributed by atoms with Gasteiger partial charge in [-0.1, -0.05) is 13.8 Å². The minimum atomic E-state index is -1.11. The predicted octanol–water partition coefficient (Wildman–Crippen LogP) is 0.393. The lowest BCUT2D eigenvalue weighted by atomic mass is 10.2. The standard InChI is InChI=1S/C13H17N3O4/c1-7(2)6-16-9(12(18)19)5-8-10(16)14(3)13(20)15(4)11(8)17/h5,7H,6H2,1-4H3,(H,18,19). The molecule has 0 unspecified atom stereocenters. The summed E-state index contributed by atoms with van der Waals surface area (Å²) in [5, 5.41) is 9.53. The van der Waals surface area contributed by atoms with E-state index in [1.807, 2.05) is 13.8 Å². The summed E-state index contributed by atoms with van der Waals surface area (Å²) in [7, 11) is 2.91. The quantitative estimate of drug-likeness (QED) is 0.880. The van der Waals surface area contributed by atoms with Gasteiger partial charge in [0.05, 0.1) is 5.39 Å². The molecule has 0 spiro atoms. The molecule has 7 heteroatoms. The normalized spacial score (nSPS) is 11.4. The van der Waals surface area contributed by atoms with Crippen LogP contribution in [0.2, 0.25) is 0 Å². The van der Waals surface area contributed by atoms with E-state index < -0.39 is 17.2 Å². The summed E-state index contributed by atoms with van der Waals surface area (Å²) in [4.78, 5) is 35.5. The van der Waals surface area contributed by atoms with E-state index in [0.29, 0.717) is 12.2 Å². The van der Waals surface area contributed by atoms with Gasteiger partial charge in [0.1, 0.15) is 11.3 Å². The molecule has 0 fully saturated rings. The maximum Gasteiger partial charge on any atom is 0.352 e. The minimum absolute atomic E-state index is 0.0204. The van der Waals surface area contributed by atoms with Crippen LogP contribution in [-0.4, -0.2) is 24.8 Å². The van der Waals surface area contributed by atoms with Crippen LogP contribution in [0.15, 0.2) is 15.7 Å². The van der Waals surface area contributed by atoms with Crippen LogP contribution in [0, 0.1) is 5.92 Å². The van der Waals surface area contributed by atoms with Gasteiger partial charge in [-0.25, -0.2) is 9.59 Å². The molecule has 2 aromatic heterocycles. The number of carboxylic acid groups (broad SMARTS) is 1. The topological polar surface area (TPSA) is 86.2 Å². The molecule has 2 rings (SSSR count). The van der Waals surface area contributed by atoms with E-state index in [-0.39, 0.29) is 17.0 Å². The fourth-order valence-corrected chi connectivity index (χ4v) is 2.37. The zero-order valence-electron chi connectivity index (χ0n) is 11.9. The Kier molecular flexibility index (Phi) is 3.29. The molecular formula is C13H17N3O4. The van der Waals surface area contributed by atoms with E-state index in [1.54, 1.807) is 0 Å². The van der Waals surface area contributed by atoms with Gasteiger partial charge in [0.15, 0.2) is 0 Å². The van der Waals surface area contributed by atoms with Crippen LogP contribution in [0.5, 0.6) is 0 Å². The molecule has 0 atom stereocenters. The summed E-state index contributed by atoms with van der Waals surface area (Å²) in [5.41, 5.74) is -0.577. The van der Waals surface area contributed by atoms with E-state index in [4.69, 9.17) is 0 Å². The van der Waals surface area contributed by atoms with E-state index in [0.717, 1.165) is 4.57 Å². The van der Waals surface area contributed by atoms with Gasteiger partial charge in [-0.05, 0) is 12.0 Å². The Hall–Kier alpha value is -2.31. The first kappa shape index (κ1) is 14.1.